The van der Waals surface area contributed by atoms with Crippen LogP contribution in [0.25, 0.3) is 11.1 Å². The van der Waals surface area contributed by atoms with Gasteiger partial charge in [0.05, 0.1) is 0 Å². The first-order valence-electron chi connectivity index (χ1n) is 11.0. The van der Waals surface area contributed by atoms with Gasteiger partial charge in [-0.25, -0.2) is 0 Å². The number of nitrogens with zero attached hydrogens (tertiary/aromatic N) is 1. The van der Waals surface area contributed by atoms with Gasteiger partial charge in [0.1, 0.15) is 0 Å². The Morgan fingerprint density at radius 2 is 0.719 bits per heavy atom. The number of hydrogen-bond donors (Lipinski definition) is 0. The average Bonchev–Trinajstić information content (AvgIpc) is 2.88. The van der Waals surface area contributed by atoms with Crippen molar-refractivity contribution in [1.29, 1.82) is 0 Å². The summed E-state index contributed by atoms with van der Waals surface area (Å²) in [4.78, 5) is 2.29. The third-order valence-electron chi connectivity index (χ3n) is 5.69. The monoisotopic (exact) mass is 411 g/mol. The van der Waals surface area contributed by atoms with Gasteiger partial charge in [0.25, 0.3) is 0 Å². The maximum absolute atomic E-state index is 2.29. The second-order valence-electron chi connectivity index (χ2n) is 7.91. The molecule has 0 fully saturated rings. The second-order valence-corrected chi connectivity index (χ2v) is 7.91. The van der Waals surface area contributed by atoms with Gasteiger partial charge in [-0.1, -0.05) is 103 Å². The fourth-order valence-corrected chi connectivity index (χ4v) is 4.05. The van der Waals surface area contributed by atoms with Crippen molar-refractivity contribution in [1.82, 2.24) is 0 Å². The van der Waals surface area contributed by atoms with Crippen molar-refractivity contribution in [2.75, 3.05) is 4.90 Å². The Hall–Kier alpha value is -4.10. The third-order valence-corrected chi connectivity index (χ3v) is 5.69. The molecule has 0 saturated heterocycles. The lowest BCUT2D eigenvalue weighted by atomic mass is 10.00. The van der Waals surface area contributed by atoms with E-state index in [-0.39, 0.29) is 0 Å². The van der Waals surface area contributed by atoms with Crippen molar-refractivity contribution in [3.63, 3.8) is 0 Å². The van der Waals surface area contributed by atoms with Crippen LogP contribution in [0, 0.1) is 0 Å². The van der Waals surface area contributed by atoms with E-state index < -0.39 is 0 Å². The molecular weight excluding hydrogens is 386 g/mol. The number of para-hydroxylation sites is 2. The summed E-state index contributed by atoms with van der Waals surface area (Å²) in [5.41, 5.74) is 8.61. The molecule has 5 rings (SSSR count). The van der Waals surface area contributed by atoms with Crippen molar-refractivity contribution >= 4 is 17.1 Å². The molecule has 0 heterocycles. The minimum absolute atomic E-state index is 0.923. The van der Waals surface area contributed by atoms with E-state index in [9.17, 15) is 0 Å². The molecule has 5 aromatic rings. The van der Waals surface area contributed by atoms with Gasteiger partial charge < -0.3 is 4.90 Å². The zero-order chi connectivity index (χ0) is 21.6. The fourth-order valence-electron chi connectivity index (χ4n) is 4.05. The zero-order valence-electron chi connectivity index (χ0n) is 17.9. The van der Waals surface area contributed by atoms with Gasteiger partial charge in [0, 0.05) is 17.1 Å². The molecule has 0 spiro atoms. The molecule has 0 aliphatic rings. The fraction of sp³-hybridized carbons (Fsp3) is 0.0323. The number of rotatable bonds is 6. The van der Waals surface area contributed by atoms with Crippen LogP contribution in [-0.4, -0.2) is 0 Å². The standard InChI is InChI=1S/C31H25N/c1-4-10-27(11-5-1)28-20-16-25(17-21-28)24-26-18-22-31(23-19-26)32(29-12-6-2-7-13-29)30-14-8-3-9-15-30/h1-23H,24H2. The maximum Gasteiger partial charge on any atom is 0.0461 e. The molecule has 1 nitrogen and oxygen atoms in total. The summed E-state index contributed by atoms with van der Waals surface area (Å²) in [6, 6.07) is 49.3. The Labute approximate surface area is 190 Å². The van der Waals surface area contributed by atoms with Gasteiger partial charge in [-0.05, 0) is 65.1 Å². The second kappa shape index (κ2) is 9.36. The summed E-state index contributed by atoms with van der Waals surface area (Å²) in [7, 11) is 0. The van der Waals surface area contributed by atoms with Crippen LogP contribution in [0.2, 0.25) is 0 Å². The molecule has 0 aliphatic carbocycles. The van der Waals surface area contributed by atoms with Gasteiger partial charge >= 0.3 is 0 Å². The topological polar surface area (TPSA) is 3.24 Å². The lowest BCUT2D eigenvalue weighted by molar-refractivity contribution is 1.18. The normalized spacial score (nSPS) is 10.6. The number of anilines is 3. The molecule has 0 saturated carbocycles. The van der Waals surface area contributed by atoms with Crippen LogP contribution in [0.4, 0.5) is 17.1 Å². The number of benzene rings is 5. The van der Waals surface area contributed by atoms with E-state index in [1.165, 1.54) is 22.3 Å². The summed E-state index contributed by atoms with van der Waals surface area (Å²) in [6.07, 6.45) is 0.923. The number of hydrogen-bond acceptors (Lipinski definition) is 1. The highest BCUT2D eigenvalue weighted by Crippen LogP contribution is 2.34. The molecule has 0 atom stereocenters. The third kappa shape index (κ3) is 4.48. The van der Waals surface area contributed by atoms with E-state index in [1.54, 1.807) is 0 Å². The van der Waals surface area contributed by atoms with Gasteiger partial charge in [0.15, 0.2) is 0 Å². The molecule has 0 aliphatic heterocycles. The van der Waals surface area contributed by atoms with Crippen molar-refractivity contribution in [3.8, 4) is 11.1 Å². The minimum Gasteiger partial charge on any atom is -0.311 e. The van der Waals surface area contributed by atoms with Crippen LogP contribution in [0.15, 0.2) is 140 Å². The highest BCUT2D eigenvalue weighted by atomic mass is 15.1. The van der Waals surface area contributed by atoms with Crippen LogP contribution in [-0.2, 0) is 6.42 Å². The van der Waals surface area contributed by atoms with E-state index >= 15 is 0 Å². The van der Waals surface area contributed by atoms with Crippen LogP contribution >= 0.6 is 0 Å². The molecule has 32 heavy (non-hydrogen) atoms. The van der Waals surface area contributed by atoms with Gasteiger partial charge in [-0.3, -0.25) is 0 Å². The predicted octanol–water partition coefficient (Wildman–Crippen LogP) is 8.41. The van der Waals surface area contributed by atoms with Gasteiger partial charge in [-0.15, -0.1) is 0 Å². The van der Waals surface area contributed by atoms with E-state index in [1.807, 2.05) is 0 Å². The molecule has 1 heteroatoms. The van der Waals surface area contributed by atoms with Gasteiger partial charge in [-0.2, -0.15) is 0 Å². The van der Waals surface area contributed by atoms with Gasteiger partial charge in [0.2, 0.25) is 0 Å². The van der Waals surface area contributed by atoms with E-state index in [2.05, 4.69) is 144 Å². The Bertz CT molecular complexity index is 1200. The predicted molar refractivity (Wildman–Crippen MR) is 136 cm³/mol. The summed E-state index contributed by atoms with van der Waals surface area (Å²) < 4.78 is 0. The molecule has 0 bridgehead atoms. The smallest absolute Gasteiger partial charge is 0.0461 e. The Morgan fingerprint density at radius 1 is 0.344 bits per heavy atom. The van der Waals surface area contributed by atoms with E-state index in [4.69, 9.17) is 0 Å². The summed E-state index contributed by atoms with van der Waals surface area (Å²) in [5, 5.41) is 0. The molecule has 0 aromatic heterocycles. The SMILES string of the molecule is c1ccc(-c2ccc(Cc3ccc(N(c4ccccc4)c4ccccc4)cc3)cc2)cc1. The highest BCUT2D eigenvalue weighted by molar-refractivity contribution is 5.76. The van der Waals surface area contributed by atoms with Crippen molar-refractivity contribution in [3.05, 3.63) is 151 Å². The van der Waals surface area contributed by atoms with Crippen molar-refractivity contribution < 1.29 is 0 Å². The van der Waals surface area contributed by atoms with Crippen LogP contribution in [0.1, 0.15) is 11.1 Å². The zero-order valence-corrected chi connectivity index (χ0v) is 17.9. The largest absolute Gasteiger partial charge is 0.311 e. The van der Waals surface area contributed by atoms with Crippen molar-refractivity contribution in [2.45, 2.75) is 6.42 Å². The quantitative estimate of drug-likeness (QED) is 0.271. The lowest BCUT2D eigenvalue weighted by Gasteiger charge is -2.25. The maximum atomic E-state index is 2.29. The molecule has 0 amide bonds. The Morgan fingerprint density at radius 3 is 1.22 bits per heavy atom. The minimum atomic E-state index is 0.923. The van der Waals surface area contributed by atoms with Crippen LogP contribution in [0.3, 0.4) is 0 Å². The van der Waals surface area contributed by atoms with Crippen LogP contribution in [0.5, 0.6) is 0 Å². The first-order valence-corrected chi connectivity index (χ1v) is 11.0. The molecular formula is C31H25N. The summed E-state index contributed by atoms with van der Waals surface area (Å²) >= 11 is 0. The lowest BCUT2D eigenvalue weighted by Crippen LogP contribution is -2.09. The molecule has 0 unspecified atom stereocenters. The first-order chi connectivity index (χ1) is 15.9. The van der Waals surface area contributed by atoms with E-state index in [0.717, 1.165) is 23.5 Å². The molecule has 5 aromatic carbocycles. The van der Waals surface area contributed by atoms with Crippen LogP contribution < -0.4 is 4.90 Å². The Kier molecular flexibility index (Phi) is 5.80. The average molecular weight is 412 g/mol. The highest BCUT2D eigenvalue weighted by Gasteiger charge is 2.11. The molecule has 154 valence electrons. The summed E-state index contributed by atoms with van der Waals surface area (Å²) in [5.74, 6) is 0. The molecule has 0 N–H and O–H groups in total. The molecule has 0 radical (unpaired) electrons. The summed E-state index contributed by atoms with van der Waals surface area (Å²) in [6.45, 7) is 0. The Balaban J connectivity index is 1.37. The van der Waals surface area contributed by atoms with E-state index in [0.29, 0.717) is 0 Å². The van der Waals surface area contributed by atoms with Crippen molar-refractivity contribution in [2.24, 2.45) is 0 Å². The first kappa shape index (κ1) is 19.8.